The minimum absolute atomic E-state index is 0.813. The molecule has 0 spiro atoms. The van der Waals surface area contributed by atoms with E-state index in [4.69, 9.17) is 0 Å². The van der Waals surface area contributed by atoms with Gasteiger partial charge in [0.1, 0.15) is 0 Å². The molecule has 15 heavy (non-hydrogen) atoms. The van der Waals surface area contributed by atoms with E-state index in [-0.39, 0.29) is 0 Å². The Morgan fingerprint density at radius 1 is 1.40 bits per heavy atom. The molecular formula is C13H27NS. The third-order valence-electron chi connectivity index (χ3n) is 3.57. The molecule has 0 saturated heterocycles. The second-order valence-electron chi connectivity index (χ2n) is 5.11. The zero-order valence-corrected chi connectivity index (χ0v) is 11.4. The Bertz CT molecular complexity index is 161. The van der Waals surface area contributed by atoms with E-state index in [9.17, 15) is 0 Å². The van der Waals surface area contributed by atoms with Crippen molar-refractivity contribution in [2.45, 2.75) is 52.0 Å². The van der Waals surface area contributed by atoms with Crippen molar-refractivity contribution in [3.8, 4) is 0 Å². The van der Waals surface area contributed by atoms with Crippen LogP contribution >= 0.6 is 11.8 Å². The van der Waals surface area contributed by atoms with Crippen LogP contribution in [0.4, 0.5) is 0 Å². The molecule has 1 saturated carbocycles. The van der Waals surface area contributed by atoms with E-state index in [1.807, 2.05) is 11.8 Å². The lowest BCUT2D eigenvalue weighted by atomic mass is 9.84. The lowest BCUT2D eigenvalue weighted by Gasteiger charge is -2.30. The highest BCUT2D eigenvalue weighted by molar-refractivity contribution is 7.98. The Balaban J connectivity index is 2.14. The van der Waals surface area contributed by atoms with Gasteiger partial charge in [0, 0.05) is 6.04 Å². The molecule has 0 bridgehead atoms. The van der Waals surface area contributed by atoms with Crippen molar-refractivity contribution in [2.75, 3.05) is 18.6 Å². The molecule has 0 aliphatic heterocycles. The van der Waals surface area contributed by atoms with Gasteiger partial charge in [0.2, 0.25) is 0 Å². The summed E-state index contributed by atoms with van der Waals surface area (Å²) in [5, 5.41) is 3.76. The first-order chi connectivity index (χ1) is 7.26. The van der Waals surface area contributed by atoms with Crippen molar-refractivity contribution in [3.05, 3.63) is 0 Å². The predicted octanol–water partition coefficient (Wildman–Crippen LogP) is 3.54. The predicted molar refractivity (Wildman–Crippen MR) is 71.6 cm³/mol. The highest BCUT2D eigenvalue weighted by atomic mass is 32.2. The van der Waals surface area contributed by atoms with Gasteiger partial charge in [-0.15, -0.1) is 0 Å². The quantitative estimate of drug-likeness (QED) is 0.747. The van der Waals surface area contributed by atoms with Gasteiger partial charge < -0.3 is 5.32 Å². The highest BCUT2D eigenvalue weighted by Crippen LogP contribution is 2.26. The fraction of sp³-hybridized carbons (Fsp3) is 1.00. The summed E-state index contributed by atoms with van der Waals surface area (Å²) in [6, 6.07) is 0.813. The Morgan fingerprint density at radius 3 is 2.87 bits per heavy atom. The first kappa shape index (κ1) is 13.4. The first-order valence-electron chi connectivity index (χ1n) is 6.48. The average molecular weight is 229 g/mol. The summed E-state index contributed by atoms with van der Waals surface area (Å²) in [4.78, 5) is 0. The molecule has 3 atom stereocenters. The fourth-order valence-electron chi connectivity index (χ4n) is 2.56. The molecule has 0 heterocycles. The van der Waals surface area contributed by atoms with Crippen LogP contribution < -0.4 is 5.32 Å². The van der Waals surface area contributed by atoms with Crippen molar-refractivity contribution in [1.82, 2.24) is 5.32 Å². The van der Waals surface area contributed by atoms with Crippen molar-refractivity contribution in [2.24, 2.45) is 11.8 Å². The Hall–Kier alpha value is 0.310. The summed E-state index contributed by atoms with van der Waals surface area (Å²) in [7, 11) is 0. The van der Waals surface area contributed by atoms with Crippen molar-refractivity contribution < 1.29 is 0 Å². The smallest absolute Gasteiger partial charge is 0.00698 e. The van der Waals surface area contributed by atoms with E-state index < -0.39 is 0 Å². The summed E-state index contributed by atoms with van der Waals surface area (Å²) in [6.07, 6.45) is 9.30. The maximum Gasteiger partial charge on any atom is 0.00698 e. The molecule has 1 fully saturated rings. The average Bonchev–Trinajstić information content (AvgIpc) is 2.27. The minimum Gasteiger partial charge on any atom is -0.314 e. The second kappa shape index (κ2) is 7.56. The minimum atomic E-state index is 0.813. The highest BCUT2D eigenvalue weighted by Gasteiger charge is 2.20. The van der Waals surface area contributed by atoms with Gasteiger partial charge in [-0.1, -0.05) is 33.1 Å². The third-order valence-corrected chi connectivity index (χ3v) is 4.47. The lowest BCUT2D eigenvalue weighted by molar-refractivity contribution is 0.274. The van der Waals surface area contributed by atoms with Gasteiger partial charge >= 0.3 is 0 Å². The number of hydrogen-bond donors (Lipinski definition) is 1. The summed E-state index contributed by atoms with van der Waals surface area (Å²) < 4.78 is 0. The van der Waals surface area contributed by atoms with Crippen LogP contribution in [-0.2, 0) is 0 Å². The number of thioether (sulfide) groups is 1. The van der Waals surface area contributed by atoms with Crippen LogP contribution in [-0.4, -0.2) is 24.6 Å². The molecule has 1 N–H and O–H groups in total. The zero-order valence-electron chi connectivity index (χ0n) is 10.6. The summed E-state index contributed by atoms with van der Waals surface area (Å²) in [5.41, 5.74) is 0. The molecule has 0 amide bonds. The molecule has 1 rings (SSSR count). The SMILES string of the molecule is CCC1CCCC(NCC(C)CSC)C1. The Morgan fingerprint density at radius 2 is 2.20 bits per heavy atom. The molecule has 1 nitrogen and oxygen atoms in total. The molecule has 1 aliphatic carbocycles. The van der Waals surface area contributed by atoms with Crippen LogP contribution in [0.3, 0.4) is 0 Å². The zero-order chi connectivity index (χ0) is 11.1. The second-order valence-corrected chi connectivity index (χ2v) is 6.02. The van der Waals surface area contributed by atoms with E-state index in [0.29, 0.717) is 0 Å². The molecular weight excluding hydrogens is 202 g/mol. The van der Waals surface area contributed by atoms with Crippen LogP contribution in [0, 0.1) is 11.8 Å². The van der Waals surface area contributed by atoms with E-state index in [2.05, 4.69) is 25.4 Å². The van der Waals surface area contributed by atoms with Crippen LogP contribution in [0.5, 0.6) is 0 Å². The topological polar surface area (TPSA) is 12.0 Å². The largest absolute Gasteiger partial charge is 0.314 e. The molecule has 3 unspecified atom stereocenters. The summed E-state index contributed by atoms with van der Waals surface area (Å²) in [5.74, 6) is 3.10. The summed E-state index contributed by atoms with van der Waals surface area (Å²) in [6.45, 7) is 5.90. The normalized spacial score (nSPS) is 29.0. The van der Waals surface area contributed by atoms with E-state index in [0.717, 1.165) is 17.9 Å². The van der Waals surface area contributed by atoms with E-state index in [1.54, 1.807) is 0 Å². The Kier molecular flexibility index (Phi) is 6.74. The molecule has 90 valence electrons. The number of nitrogens with one attached hydrogen (secondary N) is 1. The van der Waals surface area contributed by atoms with Gasteiger partial charge in [0.15, 0.2) is 0 Å². The monoisotopic (exact) mass is 229 g/mol. The third kappa shape index (κ3) is 5.26. The number of hydrogen-bond acceptors (Lipinski definition) is 2. The van der Waals surface area contributed by atoms with E-state index in [1.165, 1.54) is 44.4 Å². The van der Waals surface area contributed by atoms with Crippen LogP contribution in [0.15, 0.2) is 0 Å². The Labute approximate surface area is 99.8 Å². The van der Waals surface area contributed by atoms with Gasteiger partial charge in [-0.2, -0.15) is 11.8 Å². The van der Waals surface area contributed by atoms with Crippen molar-refractivity contribution in [3.63, 3.8) is 0 Å². The molecule has 1 aliphatic rings. The molecule has 0 aromatic heterocycles. The maximum absolute atomic E-state index is 3.76. The van der Waals surface area contributed by atoms with Gasteiger partial charge in [0.25, 0.3) is 0 Å². The number of rotatable bonds is 6. The molecule has 0 aromatic carbocycles. The van der Waals surface area contributed by atoms with Crippen LogP contribution in [0.1, 0.15) is 46.0 Å². The first-order valence-corrected chi connectivity index (χ1v) is 7.88. The van der Waals surface area contributed by atoms with Gasteiger partial charge in [-0.25, -0.2) is 0 Å². The lowest BCUT2D eigenvalue weighted by Crippen LogP contribution is -2.37. The van der Waals surface area contributed by atoms with Crippen molar-refractivity contribution in [1.29, 1.82) is 0 Å². The van der Waals surface area contributed by atoms with Gasteiger partial charge in [-0.3, -0.25) is 0 Å². The maximum atomic E-state index is 3.76. The molecule has 0 radical (unpaired) electrons. The molecule has 2 heteroatoms. The summed E-state index contributed by atoms with van der Waals surface area (Å²) >= 11 is 1.96. The molecule has 0 aromatic rings. The fourth-order valence-corrected chi connectivity index (χ4v) is 3.25. The van der Waals surface area contributed by atoms with Gasteiger partial charge in [-0.05, 0) is 43.2 Å². The van der Waals surface area contributed by atoms with Crippen LogP contribution in [0.2, 0.25) is 0 Å². The van der Waals surface area contributed by atoms with Crippen molar-refractivity contribution >= 4 is 11.8 Å². The van der Waals surface area contributed by atoms with Crippen LogP contribution in [0.25, 0.3) is 0 Å². The van der Waals surface area contributed by atoms with Gasteiger partial charge in [0.05, 0.1) is 0 Å². The van der Waals surface area contributed by atoms with E-state index >= 15 is 0 Å². The standard InChI is InChI=1S/C13H27NS/c1-4-12-6-5-7-13(8-12)14-9-11(2)10-15-3/h11-14H,4-10H2,1-3H3.